The summed E-state index contributed by atoms with van der Waals surface area (Å²) < 4.78 is 5.86. The number of hydrogen-bond donors (Lipinski definition) is 1. The van der Waals surface area contributed by atoms with Crippen molar-refractivity contribution in [2.24, 2.45) is 11.8 Å². The average molecular weight is 287 g/mol. The molecule has 0 amide bonds. The molecule has 2 fully saturated rings. The fourth-order valence-corrected chi connectivity index (χ4v) is 3.70. The lowest BCUT2D eigenvalue weighted by molar-refractivity contribution is 0.302. The van der Waals surface area contributed by atoms with Gasteiger partial charge in [-0.05, 0) is 61.8 Å². The molecule has 3 rings (SSSR count). The standard InChI is InChI=1S/C19H29NO/c1-3-14-5-6-16(13-14)19(20-4-2)15-7-9-17(10-8-15)21-18-11-12-18/h7-10,14,16,18-20H,3-6,11-13H2,1-2H3. The van der Waals surface area contributed by atoms with Gasteiger partial charge in [-0.3, -0.25) is 0 Å². The van der Waals surface area contributed by atoms with Gasteiger partial charge in [0.2, 0.25) is 0 Å². The quantitative estimate of drug-likeness (QED) is 0.784. The Hall–Kier alpha value is -1.02. The van der Waals surface area contributed by atoms with Crippen LogP contribution in [0.5, 0.6) is 5.75 Å². The maximum atomic E-state index is 5.86. The molecule has 3 unspecified atom stereocenters. The first-order chi connectivity index (χ1) is 10.3. The number of benzene rings is 1. The van der Waals surface area contributed by atoms with Crippen LogP contribution in [0.2, 0.25) is 0 Å². The second-order valence-electron chi connectivity index (χ2n) is 6.77. The Kier molecular flexibility index (Phi) is 4.84. The van der Waals surface area contributed by atoms with E-state index in [4.69, 9.17) is 4.74 Å². The lowest BCUT2D eigenvalue weighted by Crippen LogP contribution is -2.27. The van der Waals surface area contributed by atoms with Crippen LogP contribution in [0, 0.1) is 11.8 Å². The van der Waals surface area contributed by atoms with Gasteiger partial charge in [-0.25, -0.2) is 0 Å². The van der Waals surface area contributed by atoms with Crippen molar-refractivity contribution >= 4 is 0 Å². The fourth-order valence-electron chi connectivity index (χ4n) is 3.70. The molecule has 1 aromatic carbocycles. The molecule has 2 nitrogen and oxygen atoms in total. The summed E-state index contributed by atoms with van der Waals surface area (Å²) in [6.07, 6.45) is 8.44. The molecular formula is C19H29NO. The summed E-state index contributed by atoms with van der Waals surface area (Å²) >= 11 is 0. The van der Waals surface area contributed by atoms with Crippen LogP contribution < -0.4 is 10.1 Å². The minimum absolute atomic E-state index is 0.487. The van der Waals surface area contributed by atoms with E-state index in [0.717, 1.165) is 24.1 Å². The molecule has 2 aliphatic rings. The molecule has 2 saturated carbocycles. The number of ether oxygens (including phenoxy) is 1. The van der Waals surface area contributed by atoms with Crippen molar-refractivity contribution in [2.45, 2.75) is 64.5 Å². The van der Waals surface area contributed by atoms with E-state index < -0.39 is 0 Å². The van der Waals surface area contributed by atoms with E-state index >= 15 is 0 Å². The smallest absolute Gasteiger partial charge is 0.119 e. The van der Waals surface area contributed by atoms with Crippen molar-refractivity contribution < 1.29 is 4.74 Å². The molecule has 0 aliphatic heterocycles. The van der Waals surface area contributed by atoms with E-state index in [1.165, 1.54) is 44.1 Å². The molecule has 0 radical (unpaired) electrons. The van der Waals surface area contributed by atoms with Crippen LogP contribution in [-0.2, 0) is 0 Å². The van der Waals surface area contributed by atoms with E-state index in [0.29, 0.717) is 12.1 Å². The van der Waals surface area contributed by atoms with Crippen molar-refractivity contribution in [2.75, 3.05) is 6.54 Å². The van der Waals surface area contributed by atoms with E-state index in [1.807, 2.05) is 0 Å². The van der Waals surface area contributed by atoms with Crippen molar-refractivity contribution in [3.8, 4) is 5.75 Å². The van der Waals surface area contributed by atoms with Crippen LogP contribution in [0.25, 0.3) is 0 Å². The third-order valence-corrected chi connectivity index (χ3v) is 5.12. The molecule has 21 heavy (non-hydrogen) atoms. The zero-order valence-corrected chi connectivity index (χ0v) is 13.5. The molecule has 2 aliphatic carbocycles. The second-order valence-corrected chi connectivity index (χ2v) is 6.77. The predicted octanol–water partition coefficient (Wildman–Crippen LogP) is 4.70. The van der Waals surface area contributed by atoms with Gasteiger partial charge >= 0.3 is 0 Å². The van der Waals surface area contributed by atoms with Gasteiger partial charge < -0.3 is 10.1 Å². The Labute approximate surface area is 129 Å². The van der Waals surface area contributed by atoms with Crippen LogP contribution in [-0.4, -0.2) is 12.6 Å². The first-order valence-corrected chi connectivity index (χ1v) is 8.80. The minimum Gasteiger partial charge on any atom is -0.490 e. The number of nitrogens with one attached hydrogen (secondary N) is 1. The Balaban J connectivity index is 1.67. The van der Waals surface area contributed by atoms with Gasteiger partial charge in [0.1, 0.15) is 5.75 Å². The number of hydrogen-bond acceptors (Lipinski definition) is 2. The third-order valence-electron chi connectivity index (χ3n) is 5.12. The lowest BCUT2D eigenvalue weighted by atomic mass is 9.90. The van der Waals surface area contributed by atoms with Gasteiger partial charge in [-0.1, -0.05) is 38.8 Å². The van der Waals surface area contributed by atoms with Crippen LogP contribution in [0.1, 0.15) is 64.0 Å². The first kappa shape index (κ1) is 14.9. The van der Waals surface area contributed by atoms with Crippen LogP contribution in [0.15, 0.2) is 24.3 Å². The van der Waals surface area contributed by atoms with Gasteiger partial charge in [0.15, 0.2) is 0 Å². The second kappa shape index (κ2) is 6.83. The van der Waals surface area contributed by atoms with Crippen molar-refractivity contribution in [1.82, 2.24) is 5.32 Å². The molecule has 0 spiro atoms. The highest BCUT2D eigenvalue weighted by molar-refractivity contribution is 5.30. The summed E-state index contributed by atoms with van der Waals surface area (Å²) in [5.74, 6) is 2.77. The molecule has 1 aromatic rings. The zero-order valence-electron chi connectivity index (χ0n) is 13.5. The summed E-state index contributed by atoms with van der Waals surface area (Å²) in [5.41, 5.74) is 1.43. The maximum absolute atomic E-state index is 5.86. The summed E-state index contributed by atoms with van der Waals surface area (Å²) in [6, 6.07) is 9.37. The van der Waals surface area contributed by atoms with Crippen molar-refractivity contribution in [1.29, 1.82) is 0 Å². The summed E-state index contributed by atoms with van der Waals surface area (Å²) in [6.45, 7) is 5.58. The fraction of sp³-hybridized carbons (Fsp3) is 0.684. The van der Waals surface area contributed by atoms with Crippen molar-refractivity contribution in [3.63, 3.8) is 0 Å². The van der Waals surface area contributed by atoms with Gasteiger partial charge in [-0.2, -0.15) is 0 Å². The predicted molar refractivity (Wildman–Crippen MR) is 87.6 cm³/mol. The summed E-state index contributed by atoms with van der Waals surface area (Å²) in [7, 11) is 0. The molecule has 1 N–H and O–H groups in total. The molecule has 3 atom stereocenters. The Morgan fingerprint density at radius 1 is 1.10 bits per heavy atom. The monoisotopic (exact) mass is 287 g/mol. The molecule has 116 valence electrons. The van der Waals surface area contributed by atoms with Gasteiger partial charge in [0.05, 0.1) is 6.10 Å². The van der Waals surface area contributed by atoms with Gasteiger partial charge in [0, 0.05) is 6.04 Å². The minimum atomic E-state index is 0.487. The lowest BCUT2D eigenvalue weighted by Gasteiger charge is -2.25. The average Bonchev–Trinajstić information content (AvgIpc) is 3.20. The highest BCUT2D eigenvalue weighted by Gasteiger charge is 2.30. The molecule has 0 aromatic heterocycles. The SMILES string of the molecule is CCNC(c1ccc(OC2CC2)cc1)C1CCC(CC)C1. The highest BCUT2D eigenvalue weighted by Crippen LogP contribution is 2.40. The Morgan fingerprint density at radius 2 is 1.86 bits per heavy atom. The van der Waals surface area contributed by atoms with E-state index in [1.54, 1.807) is 0 Å². The molecule has 2 heteroatoms. The maximum Gasteiger partial charge on any atom is 0.119 e. The van der Waals surface area contributed by atoms with E-state index in [2.05, 4.69) is 43.4 Å². The summed E-state index contributed by atoms with van der Waals surface area (Å²) in [4.78, 5) is 0. The van der Waals surface area contributed by atoms with E-state index in [-0.39, 0.29) is 0 Å². The van der Waals surface area contributed by atoms with Crippen molar-refractivity contribution in [3.05, 3.63) is 29.8 Å². The Morgan fingerprint density at radius 3 is 2.43 bits per heavy atom. The van der Waals surface area contributed by atoms with E-state index in [9.17, 15) is 0 Å². The normalized spacial score (nSPS) is 26.8. The zero-order chi connectivity index (χ0) is 14.7. The molecule has 0 bridgehead atoms. The van der Waals surface area contributed by atoms with Crippen LogP contribution >= 0.6 is 0 Å². The van der Waals surface area contributed by atoms with Gasteiger partial charge in [0.25, 0.3) is 0 Å². The first-order valence-electron chi connectivity index (χ1n) is 8.80. The van der Waals surface area contributed by atoms with Gasteiger partial charge in [-0.15, -0.1) is 0 Å². The molecule has 0 heterocycles. The molecular weight excluding hydrogens is 258 g/mol. The Bertz CT molecular complexity index is 437. The summed E-state index contributed by atoms with van der Waals surface area (Å²) in [5, 5.41) is 3.72. The van der Waals surface area contributed by atoms with Crippen LogP contribution in [0.3, 0.4) is 0 Å². The molecule has 0 saturated heterocycles. The number of rotatable bonds is 7. The van der Waals surface area contributed by atoms with Crippen LogP contribution in [0.4, 0.5) is 0 Å². The third kappa shape index (κ3) is 3.79. The topological polar surface area (TPSA) is 21.3 Å². The highest BCUT2D eigenvalue weighted by atomic mass is 16.5. The largest absolute Gasteiger partial charge is 0.490 e.